The fourth-order valence-electron chi connectivity index (χ4n) is 2.88. The van der Waals surface area contributed by atoms with Gasteiger partial charge in [-0.25, -0.2) is 4.98 Å². The molecule has 0 saturated carbocycles. The molecule has 3 rings (SSSR count). The summed E-state index contributed by atoms with van der Waals surface area (Å²) in [6.07, 6.45) is 4.50. The number of para-hydroxylation sites is 2. The first-order valence-corrected chi connectivity index (χ1v) is 7.54. The highest BCUT2D eigenvalue weighted by Crippen LogP contribution is 2.18. The van der Waals surface area contributed by atoms with Crippen molar-refractivity contribution in [1.29, 1.82) is 0 Å². The molecule has 0 spiro atoms. The van der Waals surface area contributed by atoms with Gasteiger partial charge in [0.1, 0.15) is 5.82 Å². The van der Waals surface area contributed by atoms with Crippen LogP contribution in [0.1, 0.15) is 19.8 Å². The van der Waals surface area contributed by atoms with Gasteiger partial charge in [0, 0.05) is 13.1 Å². The van der Waals surface area contributed by atoms with E-state index in [0.29, 0.717) is 0 Å². The van der Waals surface area contributed by atoms with Gasteiger partial charge < -0.3 is 10.2 Å². The number of hydrogen-bond donors (Lipinski definition) is 1. The summed E-state index contributed by atoms with van der Waals surface area (Å²) >= 11 is 0. The number of benzene rings is 1. The van der Waals surface area contributed by atoms with Gasteiger partial charge in [0.25, 0.3) is 0 Å². The van der Waals surface area contributed by atoms with Crippen LogP contribution in [0.25, 0.3) is 11.0 Å². The normalized spacial score (nSPS) is 19.1. The monoisotopic (exact) mass is 270 g/mol. The summed E-state index contributed by atoms with van der Waals surface area (Å²) in [6, 6.07) is 8.05. The number of aromatic nitrogens is 2. The van der Waals surface area contributed by atoms with Crippen LogP contribution >= 0.6 is 0 Å². The lowest BCUT2D eigenvalue weighted by Crippen LogP contribution is -2.38. The molecule has 4 heteroatoms. The van der Waals surface area contributed by atoms with Crippen LogP contribution in [0.4, 0.5) is 5.82 Å². The number of anilines is 1. The largest absolute Gasteiger partial charge is 0.355 e. The van der Waals surface area contributed by atoms with Crippen LogP contribution in [0.5, 0.6) is 0 Å². The summed E-state index contributed by atoms with van der Waals surface area (Å²) < 4.78 is 0. The maximum atomic E-state index is 4.75. The van der Waals surface area contributed by atoms with Crippen molar-refractivity contribution in [3.05, 3.63) is 30.5 Å². The van der Waals surface area contributed by atoms with Crippen molar-refractivity contribution in [2.75, 3.05) is 31.1 Å². The van der Waals surface area contributed by atoms with Crippen molar-refractivity contribution in [3.8, 4) is 0 Å². The second-order valence-electron chi connectivity index (χ2n) is 5.47. The Balaban J connectivity index is 1.79. The SMILES string of the molecule is CCN(CC1CCCNC1)c1cnc2ccccc2n1. The number of fused-ring (bicyclic) bond motifs is 1. The van der Waals surface area contributed by atoms with Crippen LogP contribution in [0, 0.1) is 5.92 Å². The predicted molar refractivity (Wildman–Crippen MR) is 83.0 cm³/mol. The number of rotatable bonds is 4. The molecule has 4 nitrogen and oxygen atoms in total. The Kier molecular flexibility index (Phi) is 4.11. The molecular weight excluding hydrogens is 248 g/mol. The maximum absolute atomic E-state index is 4.75. The van der Waals surface area contributed by atoms with E-state index >= 15 is 0 Å². The van der Waals surface area contributed by atoms with Crippen molar-refractivity contribution in [3.63, 3.8) is 0 Å². The molecule has 1 aromatic carbocycles. The standard InChI is InChI=1S/C16H22N4/c1-2-20(12-13-6-5-9-17-10-13)16-11-18-14-7-3-4-8-15(14)19-16/h3-4,7-8,11,13,17H,2,5-6,9-10,12H2,1H3. The Bertz CT molecular complexity index is 563. The van der Waals surface area contributed by atoms with Crippen molar-refractivity contribution < 1.29 is 0 Å². The van der Waals surface area contributed by atoms with Crippen LogP contribution < -0.4 is 10.2 Å². The first-order chi connectivity index (χ1) is 9.86. The second-order valence-corrected chi connectivity index (χ2v) is 5.47. The van der Waals surface area contributed by atoms with E-state index < -0.39 is 0 Å². The molecule has 0 radical (unpaired) electrons. The zero-order chi connectivity index (χ0) is 13.8. The van der Waals surface area contributed by atoms with E-state index in [1.54, 1.807) is 0 Å². The van der Waals surface area contributed by atoms with E-state index in [1.165, 1.54) is 19.4 Å². The molecule has 1 saturated heterocycles. The minimum atomic E-state index is 0.719. The van der Waals surface area contributed by atoms with E-state index in [1.807, 2.05) is 30.5 Å². The maximum Gasteiger partial charge on any atom is 0.147 e. The lowest BCUT2D eigenvalue weighted by molar-refractivity contribution is 0.377. The lowest BCUT2D eigenvalue weighted by atomic mass is 9.99. The first-order valence-electron chi connectivity index (χ1n) is 7.54. The molecule has 106 valence electrons. The summed E-state index contributed by atoms with van der Waals surface area (Å²) in [5.74, 6) is 1.72. The van der Waals surface area contributed by atoms with E-state index in [9.17, 15) is 0 Å². The quantitative estimate of drug-likeness (QED) is 0.926. The van der Waals surface area contributed by atoms with Crippen LogP contribution in [-0.4, -0.2) is 36.1 Å². The third kappa shape index (κ3) is 2.90. The van der Waals surface area contributed by atoms with Gasteiger partial charge in [0.2, 0.25) is 0 Å². The zero-order valence-electron chi connectivity index (χ0n) is 12.0. The number of piperidine rings is 1. The molecule has 1 unspecified atom stereocenters. The van der Waals surface area contributed by atoms with Gasteiger partial charge in [0.15, 0.2) is 0 Å². The van der Waals surface area contributed by atoms with Crippen LogP contribution in [0.15, 0.2) is 30.5 Å². The van der Waals surface area contributed by atoms with Crippen molar-refractivity contribution in [1.82, 2.24) is 15.3 Å². The minimum absolute atomic E-state index is 0.719. The minimum Gasteiger partial charge on any atom is -0.355 e. The summed E-state index contributed by atoms with van der Waals surface area (Å²) in [5, 5.41) is 3.48. The fourth-order valence-corrected chi connectivity index (χ4v) is 2.88. The molecular formula is C16H22N4. The Morgan fingerprint density at radius 2 is 2.15 bits per heavy atom. The van der Waals surface area contributed by atoms with Crippen molar-refractivity contribution in [2.24, 2.45) is 5.92 Å². The predicted octanol–water partition coefficient (Wildman–Crippen LogP) is 2.46. The van der Waals surface area contributed by atoms with E-state index in [2.05, 4.69) is 22.1 Å². The van der Waals surface area contributed by atoms with E-state index in [4.69, 9.17) is 4.98 Å². The molecule has 1 aromatic heterocycles. The average Bonchev–Trinajstić information content (AvgIpc) is 2.53. The van der Waals surface area contributed by atoms with Gasteiger partial charge in [-0.15, -0.1) is 0 Å². The Morgan fingerprint density at radius 1 is 1.30 bits per heavy atom. The summed E-state index contributed by atoms with van der Waals surface area (Å²) in [6.45, 7) is 6.52. The van der Waals surface area contributed by atoms with Crippen LogP contribution in [-0.2, 0) is 0 Å². The molecule has 0 amide bonds. The van der Waals surface area contributed by atoms with E-state index in [-0.39, 0.29) is 0 Å². The Labute approximate surface area is 120 Å². The van der Waals surface area contributed by atoms with Gasteiger partial charge in [-0.05, 0) is 50.9 Å². The topological polar surface area (TPSA) is 41.0 Å². The number of nitrogens with zero attached hydrogens (tertiary/aromatic N) is 3. The highest BCUT2D eigenvalue weighted by Gasteiger charge is 2.17. The summed E-state index contributed by atoms with van der Waals surface area (Å²) in [5.41, 5.74) is 1.94. The second kappa shape index (κ2) is 6.18. The molecule has 1 aliphatic heterocycles. The molecule has 0 bridgehead atoms. The highest BCUT2D eigenvalue weighted by atomic mass is 15.2. The summed E-state index contributed by atoms with van der Waals surface area (Å²) in [4.78, 5) is 11.6. The third-order valence-corrected chi connectivity index (χ3v) is 4.02. The smallest absolute Gasteiger partial charge is 0.147 e. The molecule has 1 N–H and O–H groups in total. The molecule has 0 aliphatic carbocycles. The zero-order valence-corrected chi connectivity index (χ0v) is 12.0. The molecule has 2 heterocycles. The molecule has 1 aliphatic rings. The fraction of sp³-hybridized carbons (Fsp3) is 0.500. The molecule has 1 fully saturated rings. The van der Waals surface area contributed by atoms with Crippen LogP contribution in [0.3, 0.4) is 0 Å². The van der Waals surface area contributed by atoms with Crippen molar-refractivity contribution >= 4 is 16.9 Å². The third-order valence-electron chi connectivity index (χ3n) is 4.02. The molecule has 20 heavy (non-hydrogen) atoms. The first kappa shape index (κ1) is 13.3. The van der Waals surface area contributed by atoms with Gasteiger partial charge in [-0.2, -0.15) is 0 Å². The van der Waals surface area contributed by atoms with Crippen molar-refractivity contribution in [2.45, 2.75) is 19.8 Å². The van der Waals surface area contributed by atoms with Crippen LogP contribution in [0.2, 0.25) is 0 Å². The number of nitrogens with one attached hydrogen (secondary N) is 1. The average molecular weight is 270 g/mol. The molecule has 2 aromatic rings. The van der Waals surface area contributed by atoms with Gasteiger partial charge in [0.05, 0.1) is 17.2 Å². The van der Waals surface area contributed by atoms with Gasteiger partial charge in [-0.1, -0.05) is 12.1 Å². The lowest BCUT2D eigenvalue weighted by Gasteiger charge is -2.30. The van der Waals surface area contributed by atoms with Gasteiger partial charge in [-0.3, -0.25) is 4.98 Å². The molecule has 1 atom stereocenters. The highest BCUT2D eigenvalue weighted by molar-refractivity contribution is 5.75. The summed E-state index contributed by atoms with van der Waals surface area (Å²) in [7, 11) is 0. The van der Waals surface area contributed by atoms with Gasteiger partial charge >= 0.3 is 0 Å². The Morgan fingerprint density at radius 3 is 2.90 bits per heavy atom. The number of hydrogen-bond acceptors (Lipinski definition) is 4. The van der Waals surface area contributed by atoms with E-state index in [0.717, 1.165) is 42.4 Å². The Hall–Kier alpha value is -1.68.